The Kier molecular flexibility index (Phi) is 5.40. The molecule has 2 aromatic rings. The standard InChI is InChI=1S/C17H20N2OS2/c20-17(18-13-15-7-4-11-21-15)19-9-8-16(22-12-10-19)14-5-2-1-3-6-14/h1-7,11,16H,8-10,12-13H2,(H,18,20)/t16-/m1/s1. The molecule has 1 atom stereocenters. The van der Waals surface area contributed by atoms with Gasteiger partial charge in [0.25, 0.3) is 0 Å². The fourth-order valence-corrected chi connectivity index (χ4v) is 4.47. The molecule has 0 saturated carbocycles. The third-order valence-electron chi connectivity index (χ3n) is 3.79. The summed E-state index contributed by atoms with van der Waals surface area (Å²) in [6.45, 7) is 2.27. The number of thiophene rings is 1. The van der Waals surface area contributed by atoms with E-state index in [9.17, 15) is 4.79 Å². The smallest absolute Gasteiger partial charge is 0.317 e. The number of hydrogen-bond donors (Lipinski definition) is 1. The van der Waals surface area contributed by atoms with Crippen LogP contribution in [0.1, 0.15) is 22.1 Å². The molecule has 1 aliphatic heterocycles. The molecule has 2 heterocycles. The molecule has 0 radical (unpaired) electrons. The zero-order valence-corrected chi connectivity index (χ0v) is 14.0. The molecule has 0 unspecified atom stereocenters. The Hall–Kier alpha value is -1.46. The summed E-state index contributed by atoms with van der Waals surface area (Å²) in [4.78, 5) is 15.4. The van der Waals surface area contributed by atoms with E-state index in [4.69, 9.17) is 0 Å². The first-order chi connectivity index (χ1) is 10.8. The molecule has 22 heavy (non-hydrogen) atoms. The summed E-state index contributed by atoms with van der Waals surface area (Å²) in [5.41, 5.74) is 1.37. The van der Waals surface area contributed by atoms with Crippen LogP contribution in [0.4, 0.5) is 4.79 Å². The number of benzene rings is 1. The van der Waals surface area contributed by atoms with E-state index in [1.807, 2.05) is 28.1 Å². The highest BCUT2D eigenvalue weighted by Gasteiger charge is 2.21. The lowest BCUT2D eigenvalue weighted by atomic mass is 10.1. The van der Waals surface area contributed by atoms with Crippen molar-refractivity contribution in [2.24, 2.45) is 0 Å². The third kappa shape index (κ3) is 4.05. The van der Waals surface area contributed by atoms with E-state index in [1.54, 1.807) is 11.3 Å². The van der Waals surface area contributed by atoms with Crippen molar-refractivity contribution in [2.45, 2.75) is 18.2 Å². The molecule has 1 fully saturated rings. The minimum absolute atomic E-state index is 0.0581. The van der Waals surface area contributed by atoms with Crippen molar-refractivity contribution < 1.29 is 4.79 Å². The summed E-state index contributed by atoms with van der Waals surface area (Å²) in [6.07, 6.45) is 1.01. The molecule has 1 aromatic carbocycles. The van der Waals surface area contributed by atoms with Gasteiger partial charge in [-0.3, -0.25) is 0 Å². The Labute approximate surface area is 139 Å². The Morgan fingerprint density at radius 1 is 1.18 bits per heavy atom. The number of thioether (sulfide) groups is 1. The molecule has 2 amide bonds. The maximum absolute atomic E-state index is 12.3. The normalized spacial score (nSPS) is 18.7. The van der Waals surface area contributed by atoms with Gasteiger partial charge in [-0.15, -0.1) is 11.3 Å². The van der Waals surface area contributed by atoms with Crippen LogP contribution in [0.25, 0.3) is 0 Å². The molecule has 1 N–H and O–H groups in total. The highest BCUT2D eigenvalue weighted by molar-refractivity contribution is 7.99. The van der Waals surface area contributed by atoms with Crippen molar-refractivity contribution in [2.75, 3.05) is 18.8 Å². The van der Waals surface area contributed by atoms with Crippen molar-refractivity contribution in [1.29, 1.82) is 0 Å². The lowest BCUT2D eigenvalue weighted by Crippen LogP contribution is -2.40. The molecular formula is C17H20N2OS2. The van der Waals surface area contributed by atoms with E-state index < -0.39 is 0 Å². The first kappa shape index (κ1) is 15.4. The molecule has 1 aliphatic rings. The number of amides is 2. The van der Waals surface area contributed by atoms with Gasteiger partial charge in [-0.1, -0.05) is 36.4 Å². The van der Waals surface area contributed by atoms with Gasteiger partial charge in [0.1, 0.15) is 0 Å². The fourth-order valence-electron chi connectivity index (χ4n) is 2.59. The molecule has 3 rings (SSSR count). The lowest BCUT2D eigenvalue weighted by Gasteiger charge is -2.20. The number of nitrogens with one attached hydrogen (secondary N) is 1. The van der Waals surface area contributed by atoms with Crippen LogP contribution in [0.2, 0.25) is 0 Å². The van der Waals surface area contributed by atoms with Gasteiger partial charge in [0, 0.05) is 29.0 Å². The van der Waals surface area contributed by atoms with E-state index in [0.717, 1.165) is 25.3 Å². The van der Waals surface area contributed by atoms with Crippen LogP contribution < -0.4 is 5.32 Å². The van der Waals surface area contributed by atoms with E-state index in [2.05, 4.69) is 41.7 Å². The number of nitrogens with zero attached hydrogens (tertiary/aromatic N) is 1. The monoisotopic (exact) mass is 332 g/mol. The Bertz CT molecular complexity index is 586. The molecule has 3 nitrogen and oxygen atoms in total. The van der Waals surface area contributed by atoms with Gasteiger partial charge in [-0.25, -0.2) is 4.79 Å². The van der Waals surface area contributed by atoms with E-state index in [0.29, 0.717) is 11.8 Å². The van der Waals surface area contributed by atoms with Gasteiger partial charge in [-0.05, 0) is 23.4 Å². The quantitative estimate of drug-likeness (QED) is 0.916. The molecule has 5 heteroatoms. The topological polar surface area (TPSA) is 32.3 Å². The lowest BCUT2D eigenvalue weighted by molar-refractivity contribution is 0.201. The molecule has 1 aromatic heterocycles. The minimum Gasteiger partial charge on any atom is -0.333 e. The molecule has 0 aliphatic carbocycles. The van der Waals surface area contributed by atoms with Crippen molar-refractivity contribution >= 4 is 29.1 Å². The summed E-state index contributed by atoms with van der Waals surface area (Å²) in [5.74, 6) is 0.992. The summed E-state index contributed by atoms with van der Waals surface area (Å²) in [6, 6.07) is 14.7. The van der Waals surface area contributed by atoms with E-state index in [-0.39, 0.29) is 6.03 Å². The van der Waals surface area contributed by atoms with Crippen molar-refractivity contribution in [3.05, 3.63) is 58.3 Å². The predicted molar refractivity (Wildman–Crippen MR) is 94.4 cm³/mol. The second-order valence-corrected chi connectivity index (χ2v) is 7.63. The Morgan fingerprint density at radius 2 is 2.05 bits per heavy atom. The second-order valence-electron chi connectivity index (χ2n) is 5.28. The van der Waals surface area contributed by atoms with Gasteiger partial charge in [-0.2, -0.15) is 11.8 Å². The maximum atomic E-state index is 12.3. The van der Waals surface area contributed by atoms with Crippen molar-refractivity contribution in [3.63, 3.8) is 0 Å². The highest BCUT2D eigenvalue weighted by Crippen LogP contribution is 2.34. The third-order valence-corrected chi connectivity index (χ3v) is 6.00. The number of urea groups is 1. The summed E-state index contributed by atoms with van der Waals surface area (Å²) >= 11 is 3.63. The molecule has 0 spiro atoms. The highest BCUT2D eigenvalue weighted by atomic mass is 32.2. The van der Waals surface area contributed by atoms with Crippen LogP contribution in [0.3, 0.4) is 0 Å². The van der Waals surface area contributed by atoms with Crippen LogP contribution >= 0.6 is 23.1 Å². The second kappa shape index (κ2) is 7.70. The SMILES string of the molecule is O=C(NCc1cccs1)N1CCS[C@@H](c2ccccc2)CC1. The summed E-state index contributed by atoms with van der Waals surface area (Å²) < 4.78 is 0. The molecule has 1 saturated heterocycles. The minimum atomic E-state index is 0.0581. The number of carbonyl (C=O) groups is 1. The van der Waals surface area contributed by atoms with Gasteiger partial charge in [0.2, 0.25) is 0 Å². The molecule has 116 valence electrons. The number of rotatable bonds is 3. The van der Waals surface area contributed by atoms with E-state index in [1.165, 1.54) is 10.4 Å². The zero-order valence-electron chi connectivity index (χ0n) is 12.4. The number of hydrogen-bond acceptors (Lipinski definition) is 3. The Balaban J connectivity index is 1.52. The molecule has 0 bridgehead atoms. The summed E-state index contributed by atoms with van der Waals surface area (Å²) in [7, 11) is 0. The van der Waals surface area contributed by atoms with Gasteiger partial charge in [0.05, 0.1) is 6.54 Å². The maximum Gasteiger partial charge on any atom is 0.317 e. The van der Waals surface area contributed by atoms with Gasteiger partial charge >= 0.3 is 6.03 Å². The first-order valence-electron chi connectivity index (χ1n) is 7.54. The van der Waals surface area contributed by atoms with E-state index >= 15 is 0 Å². The number of carbonyl (C=O) groups excluding carboxylic acids is 1. The zero-order chi connectivity index (χ0) is 15.2. The fraction of sp³-hybridized carbons (Fsp3) is 0.353. The summed E-state index contributed by atoms with van der Waals surface area (Å²) in [5, 5.41) is 5.56. The average Bonchev–Trinajstić information content (AvgIpc) is 2.96. The predicted octanol–water partition coefficient (Wildman–Crippen LogP) is 4.14. The van der Waals surface area contributed by atoms with Gasteiger partial charge < -0.3 is 10.2 Å². The van der Waals surface area contributed by atoms with Crippen LogP contribution in [0.15, 0.2) is 47.8 Å². The van der Waals surface area contributed by atoms with Crippen molar-refractivity contribution in [1.82, 2.24) is 10.2 Å². The largest absolute Gasteiger partial charge is 0.333 e. The molecular weight excluding hydrogens is 312 g/mol. The van der Waals surface area contributed by atoms with Gasteiger partial charge in [0.15, 0.2) is 0 Å². The Morgan fingerprint density at radius 3 is 2.82 bits per heavy atom. The average molecular weight is 332 g/mol. The first-order valence-corrected chi connectivity index (χ1v) is 9.47. The van der Waals surface area contributed by atoms with Crippen LogP contribution in [-0.2, 0) is 6.54 Å². The van der Waals surface area contributed by atoms with Crippen LogP contribution in [0.5, 0.6) is 0 Å². The van der Waals surface area contributed by atoms with Crippen LogP contribution in [0, 0.1) is 0 Å². The van der Waals surface area contributed by atoms with Crippen molar-refractivity contribution in [3.8, 4) is 0 Å². The van der Waals surface area contributed by atoms with Crippen LogP contribution in [-0.4, -0.2) is 29.8 Å².